The van der Waals surface area contributed by atoms with Gasteiger partial charge in [0.1, 0.15) is 5.75 Å². The minimum atomic E-state index is -0.202. The first-order chi connectivity index (χ1) is 9.15. The topological polar surface area (TPSA) is 47.6 Å². The van der Waals surface area contributed by atoms with E-state index in [1.165, 1.54) is 0 Å². The van der Waals surface area contributed by atoms with Crippen LogP contribution in [0.4, 0.5) is 0 Å². The Bertz CT molecular complexity index is 448. The van der Waals surface area contributed by atoms with Crippen molar-refractivity contribution in [3.8, 4) is 5.75 Å². The maximum atomic E-state index is 11.6. The number of hydrogen-bond acceptors (Lipinski definition) is 3. The number of hydrogen-bond donors (Lipinski definition) is 1. The van der Waals surface area contributed by atoms with Gasteiger partial charge in [-0.3, -0.25) is 4.79 Å². The van der Waals surface area contributed by atoms with E-state index in [1.807, 2.05) is 0 Å². The Morgan fingerprint density at radius 2 is 2.32 bits per heavy atom. The summed E-state index contributed by atoms with van der Waals surface area (Å²) in [6.07, 6.45) is 2.16. The largest absolute Gasteiger partial charge is 0.482 e. The highest BCUT2D eigenvalue weighted by atomic mass is 35.5. The van der Waals surface area contributed by atoms with E-state index in [2.05, 4.69) is 5.32 Å². The summed E-state index contributed by atoms with van der Waals surface area (Å²) >= 11 is 11.7. The zero-order chi connectivity index (χ0) is 13.7. The lowest BCUT2D eigenvalue weighted by atomic mass is 10.2. The molecular weight excluding hydrogens is 289 g/mol. The van der Waals surface area contributed by atoms with Crippen LogP contribution in [0.3, 0.4) is 0 Å². The van der Waals surface area contributed by atoms with Gasteiger partial charge in [0, 0.05) is 24.2 Å². The Hall–Kier alpha value is -0.970. The van der Waals surface area contributed by atoms with Crippen LogP contribution in [0.2, 0.25) is 10.0 Å². The van der Waals surface area contributed by atoms with Gasteiger partial charge in [0.25, 0.3) is 5.91 Å². The minimum absolute atomic E-state index is 0.0905. The lowest BCUT2D eigenvalue weighted by Gasteiger charge is -2.12. The van der Waals surface area contributed by atoms with Crippen molar-refractivity contribution in [2.45, 2.75) is 18.9 Å². The van der Waals surface area contributed by atoms with Crippen molar-refractivity contribution < 1.29 is 14.3 Å². The van der Waals surface area contributed by atoms with Crippen molar-refractivity contribution in [1.82, 2.24) is 5.32 Å². The van der Waals surface area contributed by atoms with E-state index in [9.17, 15) is 4.79 Å². The zero-order valence-electron chi connectivity index (χ0n) is 10.3. The summed E-state index contributed by atoms with van der Waals surface area (Å²) in [5.74, 6) is 0.202. The lowest BCUT2D eigenvalue weighted by Crippen LogP contribution is -2.35. The molecule has 1 aliphatic heterocycles. The molecule has 0 aromatic heterocycles. The van der Waals surface area contributed by atoms with Crippen LogP contribution in [0.25, 0.3) is 0 Å². The van der Waals surface area contributed by atoms with Crippen LogP contribution < -0.4 is 10.1 Å². The number of ether oxygens (including phenoxy) is 2. The van der Waals surface area contributed by atoms with Gasteiger partial charge < -0.3 is 14.8 Å². The van der Waals surface area contributed by atoms with Crippen LogP contribution in [0.5, 0.6) is 5.75 Å². The average molecular weight is 304 g/mol. The van der Waals surface area contributed by atoms with Gasteiger partial charge in [0.05, 0.1) is 11.1 Å². The molecule has 0 spiro atoms. The summed E-state index contributed by atoms with van der Waals surface area (Å²) in [7, 11) is 0. The minimum Gasteiger partial charge on any atom is -0.482 e. The van der Waals surface area contributed by atoms with Crippen LogP contribution >= 0.6 is 23.2 Å². The number of amides is 1. The number of carbonyl (C=O) groups is 1. The Morgan fingerprint density at radius 3 is 3.05 bits per heavy atom. The summed E-state index contributed by atoms with van der Waals surface area (Å²) in [6, 6.07) is 4.87. The molecule has 1 aromatic rings. The Labute approximate surface area is 122 Å². The van der Waals surface area contributed by atoms with Gasteiger partial charge in [-0.2, -0.15) is 0 Å². The van der Waals surface area contributed by atoms with E-state index in [1.54, 1.807) is 18.2 Å². The molecule has 1 N–H and O–H groups in total. The van der Waals surface area contributed by atoms with Crippen molar-refractivity contribution in [3.63, 3.8) is 0 Å². The maximum Gasteiger partial charge on any atom is 0.258 e. The molecule has 4 nitrogen and oxygen atoms in total. The molecule has 0 aliphatic carbocycles. The smallest absolute Gasteiger partial charge is 0.258 e. The van der Waals surface area contributed by atoms with Crippen LogP contribution in [-0.2, 0) is 9.53 Å². The molecule has 1 aliphatic rings. The van der Waals surface area contributed by atoms with Crippen molar-refractivity contribution in [2.75, 3.05) is 19.8 Å². The molecule has 0 saturated carbocycles. The standard InChI is InChI=1S/C13H15Cl2NO3/c14-9-3-4-11(15)12(6-9)19-8-13(17)16-7-10-2-1-5-18-10/h3-4,6,10H,1-2,5,7-8H2,(H,16,17)/t10-/m0/s1. The van der Waals surface area contributed by atoms with E-state index < -0.39 is 0 Å². The van der Waals surface area contributed by atoms with E-state index >= 15 is 0 Å². The second-order valence-electron chi connectivity index (χ2n) is 4.30. The highest BCUT2D eigenvalue weighted by Gasteiger charge is 2.16. The first-order valence-corrected chi connectivity index (χ1v) is 6.87. The first-order valence-electron chi connectivity index (χ1n) is 6.11. The van der Waals surface area contributed by atoms with Gasteiger partial charge in [-0.25, -0.2) is 0 Å². The molecule has 1 aromatic carbocycles. The monoisotopic (exact) mass is 303 g/mol. The molecular formula is C13H15Cl2NO3. The number of rotatable bonds is 5. The third-order valence-electron chi connectivity index (χ3n) is 2.80. The molecule has 2 rings (SSSR count). The molecule has 1 atom stereocenters. The fourth-order valence-corrected chi connectivity index (χ4v) is 2.15. The molecule has 6 heteroatoms. The fourth-order valence-electron chi connectivity index (χ4n) is 1.82. The summed E-state index contributed by atoms with van der Waals surface area (Å²) in [6.45, 7) is 1.20. The van der Waals surface area contributed by atoms with Crippen LogP contribution in [0.15, 0.2) is 18.2 Å². The van der Waals surface area contributed by atoms with Gasteiger partial charge in [0.15, 0.2) is 6.61 Å². The Kier molecular flexibility index (Phi) is 5.31. The number of benzene rings is 1. The average Bonchev–Trinajstić information content (AvgIpc) is 2.90. The number of halogens is 2. The summed E-state index contributed by atoms with van der Waals surface area (Å²) in [4.78, 5) is 11.6. The fraction of sp³-hybridized carbons (Fsp3) is 0.462. The zero-order valence-corrected chi connectivity index (χ0v) is 11.8. The van der Waals surface area contributed by atoms with E-state index in [0.29, 0.717) is 22.3 Å². The van der Waals surface area contributed by atoms with Crippen LogP contribution in [0.1, 0.15) is 12.8 Å². The molecule has 0 radical (unpaired) electrons. The summed E-state index contributed by atoms with van der Waals surface area (Å²) < 4.78 is 10.7. The number of carbonyl (C=O) groups excluding carboxylic acids is 1. The van der Waals surface area contributed by atoms with Gasteiger partial charge in [0.2, 0.25) is 0 Å². The Balaban J connectivity index is 1.74. The van der Waals surface area contributed by atoms with Crippen molar-refractivity contribution in [3.05, 3.63) is 28.2 Å². The Morgan fingerprint density at radius 1 is 1.47 bits per heavy atom. The second-order valence-corrected chi connectivity index (χ2v) is 5.15. The van der Waals surface area contributed by atoms with E-state index in [0.717, 1.165) is 19.4 Å². The predicted molar refractivity (Wildman–Crippen MR) is 73.9 cm³/mol. The van der Waals surface area contributed by atoms with E-state index in [4.69, 9.17) is 32.7 Å². The van der Waals surface area contributed by atoms with Crippen molar-refractivity contribution in [1.29, 1.82) is 0 Å². The van der Waals surface area contributed by atoms with Crippen LogP contribution in [0, 0.1) is 0 Å². The third kappa shape index (κ3) is 4.56. The molecule has 1 saturated heterocycles. The molecule has 19 heavy (non-hydrogen) atoms. The summed E-state index contributed by atoms with van der Waals surface area (Å²) in [5, 5.41) is 3.70. The lowest BCUT2D eigenvalue weighted by molar-refractivity contribution is -0.123. The molecule has 0 bridgehead atoms. The van der Waals surface area contributed by atoms with Gasteiger partial charge >= 0.3 is 0 Å². The molecule has 1 fully saturated rings. The predicted octanol–water partition coefficient (Wildman–Crippen LogP) is 2.67. The third-order valence-corrected chi connectivity index (χ3v) is 3.35. The molecule has 0 unspecified atom stereocenters. The van der Waals surface area contributed by atoms with Crippen molar-refractivity contribution in [2.24, 2.45) is 0 Å². The molecule has 104 valence electrons. The first kappa shape index (κ1) is 14.4. The van der Waals surface area contributed by atoms with Crippen LogP contribution in [-0.4, -0.2) is 31.8 Å². The maximum absolute atomic E-state index is 11.6. The molecule has 1 heterocycles. The SMILES string of the molecule is O=C(COc1cc(Cl)ccc1Cl)NC[C@@H]1CCCO1. The van der Waals surface area contributed by atoms with Gasteiger partial charge in [-0.1, -0.05) is 23.2 Å². The van der Waals surface area contributed by atoms with Crippen molar-refractivity contribution >= 4 is 29.1 Å². The van der Waals surface area contributed by atoms with Gasteiger partial charge in [-0.05, 0) is 25.0 Å². The normalized spacial score (nSPS) is 18.3. The quantitative estimate of drug-likeness (QED) is 0.910. The highest BCUT2D eigenvalue weighted by Crippen LogP contribution is 2.27. The van der Waals surface area contributed by atoms with Gasteiger partial charge in [-0.15, -0.1) is 0 Å². The van der Waals surface area contributed by atoms with E-state index in [-0.39, 0.29) is 18.6 Å². The highest BCUT2D eigenvalue weighted by molar-refractivity contribution is 6.34. The second kappa shape index (κ2) is 6.98. The number of nitrogens with one attached hydrogen (secondary N) is 1. The molecule has 1 amide bonds. The summed E-state index contributed by atoms with van der Waals surface area (Å²) in [5.41, 5.74) is 0.